The molecule has 1 saturated carbocycles. The van der Waals surface area contributed by atoms with Gasteiger partial charge in [-0.05, 0) is 68.7 Å². The van der Waals surface area contributed by atoms with E-state index in [1.807, 2.05) is 0 Å². The number of ether oxygens (including phenoxy) is 1. The third kappa shape index (κ3) is 7.09. The highest BCUT2D eigenvalue weighted by molar-refractivity contribution is 5.88. The Hall–Kier alpha value is -1.61. The van der Waals surface area contributed by atoms with E-state index in [0.29, 0.717) is 18.0 Å². The van der Waals surface area contributed by atoms with Gasteiger partial charge >= 0.3 is 5.97 Å². The van der Waals surface area contributed by atoms with Gasteiger partial charge in [0.05, 0.1) is 0 Å². The minimum absolute atomic E-state index is 0.0468. The van der Waals surface area contributed by atoms with Crippen LogP contribution in [0.4, 0.5) is 0 Å². The first-order valence-electron chi connectivity index (χ1n) is 11.3. The number of benzene rings is 1. The predicted molar refractivity (Wildman–Crippen MR) is 118 cm³/mol. The summed E-state index contributed by atoms with van der Waals surface area (Å²) < 4.78 is 5.74. The number of nitrogens with zero attached hydrogens (tertiary/aromatic N) is 1. The van der Waals surface area contributed by atoms with Crippen molar-refractivity contribution in [3.63, 3.8) is 0 Å². The molecule has 1 fully saturated rings. The van der Waals surface area contributed by atoms with Crippen LogP contribution in [0.3, 0.4) is 0 Å². The molecule has 1 aromatic carbocycles. The highest BCUT2D eigenvalue weighted by Crippen LogP contribution is 2.34. The summed E-state index contributed by atoms with van der Waals surface area (Å²) in [5, 5.41) is 0. The topological polar surface area (TPSA) is 29.5 Å². The van der Waals surface area contributed by atoms with E-state index in [-0.39, 0.29) is 12.1 Å². The fourth-order valence-electron chi connectivity index (χ4n) is 4.07. The van der Waals surface area contributed by atoms with Crippen molar-refractivity contribution in [1.29, 1.82) is 0 Å². The van der Waals surface area contributed by atoms with Gasteiger partial charge < -0.3 is 4.74 Å². The van der Waals surface area contributed by atoms with Crippen LogP contribution >= 0.6 is 0 Å². The van der Waals surface area contributed by atoms with E-state index in [4.69, 9.17) is 4.74 Å². The summed E-state index contributed by atoms with van der Waals surface area (Å²) in [5.41, 5.74) is 3.46. The van der Waals surface area contributed by atoms with Gasteiger partial charge in [0.1, 0.15) is 6.10 Å². The van der Waals surface area contributed by atoms with Gasteiger partial charge in [0, 0.05) is 12.1 Å². The number of likely N-dealkylation sites (N-methyl/N-ethyl adjacent to an activating group) is 1. The molecule has 0 spiro atoms. The lowest BCUT2D eigenvalue weighted by Crippen LogP contribution is -2.30. The zero-order chi connectivity index (χ0) is 20.4. The Labute approximate surface area is 172 Å². The molecule has 1 aliphatic rings. The number of hydrogen-bond donors (Lipinski definition) is 0. The molecule has 0 saturated heterocycles. The van der Waals surface area contributed by atoms with E-state index in [0.717, 1.165) is 38.8 Å². The molecule has 3 nitrogen and oxygen atoms in total. The van der Waals surface area contributed by atoms with Crippen LogP contribution in [0.1, 0.15) is 82.8 Å². The van der Waals surface area contributed by atoms with Crippen molar-refractivity contribution in [1.82, 2.24) is 4.90 Å². The van der Waals surface area contributed by atoms with Crippen molar-refractivity contribution in [3.8, 4) is 0 Å². The van der Waals surface area contributed by atoms with Crippen molar-refractivity contribution in [3.05, 3.63) is 47.5 Å². The Morgan fingerprint density at radius 1 is 1.04 bits per heavy atom. The Morgan fingerprint density at radius 3 is 2.25 bits per heavy atom. The second-order valence-corrected chi connectivity index (χ2v) is 8.14. The fraction of sp³-hybridized carbons (Fsp3) is 0.640. The van der Waals surface area contributed by atoms with Crippen molar-refractivity contribution in [2.24, 2.45) is 0 Å². The summed E-state index contributed by atoms with van der Waals surface area (Å²) in [6.45, 7) is 12.8. The summed E-state index contributed by atoms with van der Waals surface area (Å²) in [6, 6.07) is 9.22. The number of unbranched alkanes of at least 4 members (excludes halogenated alkanes) is 2. The number of carbonyl (C=O) groups excluding carboxylic acids is 1. The van der Waals surface area contributed by atoms with Gasteiger partial charge in [0.25, 0.3) is 0 Å². The summed E-state index contributed by atoms with van der Waals surface area (Å²) in [7, 11) is 0. The molecule has 0 N–H and O–H groups in total. The standard InChI is InChI=1S/C25H39NO2/c1-5-8-9-10-21-11-13-22(14-12-21)23-15-17-24(18-16-23)28-25(27)20(4)19-26(6-2)7-3/h11-14,23-24H,4-10,15-19H2,1-3H3. The third-order valence-electron chi connectivity index (χ3n) is 6.07. The van der Waals surface area contributed by atoms with Crippen molar-refractivity contribution in [2.75, 3.05) is 19.6 Å². The highest BCUT2D eigenvalue weighted by Gasteiger charge is 2.25. The SMILES string of the molecule is C=C(CN(CC)CC)C(=O)OC1CCC(c2ccc(CCCCC)cc2)CC1. The average Bonchev–Trinajstić information content (AvgIpc) is 2.73. The molecule has 0 heterocycles. The first kappa shape index (κ1) is 22.7. The second kappa shape index (κ2) is 12.1. The molecule has 0 radical (unpaired) electrons. The van der Waals surface area contributed by atoms with Crippen LogP contribution in [0, 0.1) is 0 Å². The normalized spacial score (nSPS) is 19.6. The second-order valence-electron chi connectivity index (χ2n) is 8.14. The van der Waals surface area contributed by atoms with Crippen LogP contribution in [0.2, 0.25) is 0 Å². The molecule has 3 heteroatoms. The van der Waals surface area contributed by atoms with E-state index < -0.39 is 0 Å². The number of rotatable bonds is 11. The van der Waals surface area contributed by atoms with Gasteiger partial charge in [-0.3, -0.25) is 4.90 Å². The highest BCUT2D eigenvalue weighted by atomic mass is 16.5. The minimum atomic E-state index is -0.216. The largest absolute Gasteiger partial charge is 0.459 e. The van der Waals surface area contributed by atoms with Gasteiger partial charge in [-0.2, -0.15) is 0 Å². The van der Waals surface area contributed by atoms with E-state index in [9.17, 15) is 4.79 Å². The van der Waals surface area contributed by atoms with Crippen LogP contribution < -0.4 is 0 Å². The Kier molecular flexibility index (Phi) is 9.77. The van der Waals surface area contributed by atoms with E-state index >= 15 is 0 Å². The lowest BCUT2D eigenvalue weighted by molar-refractivity contribution is -0.146. The smallest absolute Gasteiger partial charge is 0.334 e. The maximum Gasteiger partial charge on any atom is 0.334 e. The maximum atomic E-state index is 12.3. The third-order valence-corrected chi connectivity index (χ3v) is 6.07. The number of hydrogen-bond acceptors (Lipinski definition) is 3. The fourth-order valence-corrected chi connectivity index (χ4v) is 4.07. The first-order chi connectivity index (χ1) is 13.6. The van der Waals surface area contributed by atoms with Gasteiger partial charge in [0.15, 0.2) is 0 Å². The lowest BCUT2D eigenvalue weighted by Gasteiger charge is -2.29. The molecule has 2 rings (SSSR count). The Bertz CT molecular complexity index is 595. The maximum absolute atomic E-state index is 12.3. The van der Waals surface area contributed by atoms with Gasteiger partial charge in [-0.25, -0.2) is 4.79 Å². The molecule has 1 aliphatic carbocycles. The molecule has 0 aliphatic heterocycles. The Balaban J connectivity index is 1.76. The molecule has 28 heavy (non-hydrogen) atoms. The van der Waals surface area contributed by atoms with E-state index in [1.54, 1.807) is 0 Å². The molecule has 0 atom stereocenters. The zero-order valence-corrected chi connectivity index (χ0v) is 18.2. The molecule has 0 aromatic heterocycles. The molecular formula is C25H39NO2. The average molecular weight is 386 g/mol. The molecule has 0 unspecified atom stereocenters. The van der Waals surface area contributed by atoms with E-state index in [2.05, 4.69) is 56.5 Å². The van der Waals surface area contributed by atoms with E-state index in [1.165, 1.54) is 36.8 Å². The van der Waals surface area contributed by atoms with Gasteiger partial charge in [-0.15, -0.1) is 0 Å². The van der Waals surface area contributed by atoms with Crippen LogP contribution in [0.5, 0.6) is 0 Å². The van der Waals surface area contributed by atoms with Crippen LogP contribution in [0.25, 0.3) is 0 Å². The van der Waals surface area contributed by atoms with Crippen LogP contribution in [-0.4, -0.2) is 36.6 Å². The Morgan fingerprint density at radius 2 is 1.68 bits per heavy atom. The number of aryl methyl sites for hydroxylation is 1. The summed E-state index contributed by atoms with van der Waals surface area (Å²) >= 11 is 0. The van der Waals surface area contributed by atoms with Crippen LogP contribution in [0.15, 0.2) is 36.4 Å². The molecule has 156 valence electrons. The van der Waals surface area contributed by atoms with Gasteiger partial charge in [0.2, 0.25) is 0 Å². The van der Waals surface area contributed by atoms with Crippen molar-refractivity contribution < 1.29 is 9.53 Å². The zero-order valence-electron chi connectivity index (χ0n) is 18.2. The summed E-state index contributed by atoms with van der Waals surface area (Å²) in [4.78, 5) is 14.5. The first-order valence-corrected chi connectivity index (χ1v) is 11.3. The molecule has 0 amide bonds. The number of carbonyl (C=O) groups is 1. The number of esters is 1. The summed E-state index contributed by atoms with van der Waals surface area (Å²) in [5.74, 6) is 0.380. The predicted octanol–water partition coefficient (Wildman–Crippen LogP) is 5.89. The lowest BCUT2D eigenvalue weighted by atomic mass is 9.82. The summed E-state index contributed by atoms with van der Waals surface area (Å²) in [6.07, 6.45) is 9.19. The van der Waals surface area contributed by atoms with Crippen LogP contribution in [-0.2, 0) is 16.0 Å². The van der Waals surface area contributed by atoms with Crippen molar-refractivity contribution >= 4 is 5.97 Å². The molecular weight excluding hydrogens is 346 g/mol. The molecule has 0 bridgehead atoms. The van der Waals surface area contributed by atoms with Gasteiger partial charge in [-0.1, -0.05) is 64.5 Å². The monoisotopic (exact) mass is 385 g/mol. The quantitative estimate of drug-likeness (QED) is 0.270. The molecule has 1 aromatic rings. The minimum Gasteiger partial charge on any atom is -0.459 e. The van der Waals surface area contributed by atoms with Crippen molar-refractivity contribution in [2.45, 2.75) is 84.2 Å².